The fourth-order valence-corrected chi connectivity index (χ4v) is 3.64. The van der Waals surface area contributed by atoms with E-state index in [9.17, 15) is 18.0 Å². The van der Waals surface area contributed by atoms with Crippen molar-refractivity contribution in [2.24, 2.45) is 5.73 Å². The van der Waals surface area contributed by atoms with Crippen molar-refractivity contribution in [2.75, 3.05) is 19.8 Å². The monoisotopic (exact) mass is 322 g/mol. The maximum Gasteiger partial charge on any atom is 0.308 e. The number of nitrogens with two attached hydrogens (primary N) is 1. The van der Waals surface area contributed by atoms with Crippen molar-refractivity contribution in [3.8, 4) is 0 Å². The Bertz CT molecular complexity index is 580. The van der Waals surface area contributed by atoms with Crippen molar-refractivity contribution in [1.29, 1.82) is 0 Å². The number of thiophene rings is 1. The molecular formula is C10H14N2O6S2. The van der Waals surface area contributed by atoms with Crippen molar-refractivity contribution >= 4 is 33.2 Å². The third-order valence-corrected chi connectivity index (χ3v) is 5.05. The molecule has 0 aliphatic heterocycles. The lowest BCUT2D eigenvalue weighted by Gasteiger charge is -2.04. The first-order valence-corrected chi connectivity index (χ1v) is 7.77. The lowest BCUT2D eigenvalue weighted by molar-refractivity contribution is -0.136. The van der Waals surface area contributed by atoms with E-state index in [1.54, 1.807) is 0 Å². The molecule has 1 aromatic heterocycles. The van der Waals surface area contributed by atoms with E-state index in [1.807, 2.05) is 0 Å². The lowest BCUT2D eigenvalue weighted by atomic mass is 10.3. The van der Waals surface area contributed by atoms with Gasteiger partial charge in [-0.25, -0.2) is 13.1 Å². The van der Waals surface area contributed by atoms with E-state index >= 15 is 0 Å². The van der Waals surface area contributed by atoms with Crippen molar-refractivity contribution < 1.29 is 27.9 Å². The highest BCUT2D eigenvalue weighted by molar-refractivity contribution is 7.91. The van der Waals surface area contributed by atoms with Gasteiger partial charge < -0.3 is 15.6 Å². The van der Waals surface area contributed by atoms with Crippen LogP contribution < -0.4 is 10.5 Å². The molecule has 10 heteroatoms. The average molecular weight is 322 g/mol. The Kier molecular flexibility index (Phi) is 6.07. The predicted molar refractivity (Wildman–Crippen MR) is 70.9 cm³/mol. The molecule has 1 rings (SSSR count). The van der Waals surface area contributed by atoms with Crippen LogP contribution in [0.15, 0.2) is 16.3 Å². The van der Waals surface area contributed by atoms with Crippen molar-refractivity contribution in [3.05, 3.63) is 17.0 Å². The Morgan fingerprint density at radius 3 is 2.70 bits per heavy atom. The zero-order chi connectivity index (χ0) is 15.2. The number of ether oxygens (including phenoxy) is 1. The second-order valence-corrected chi connectivity index (χ2v) is 6.87. The first kappa shape index (κ1) is 16.6. The van der Waals surface area contributed by atoms with Gasteiger partial charge in [0.2, 0.25) is 15.9 Å². The van der Waals surface area contributed by atoms with Gasteiger partial charge in [-0.15, -0.1) is 11.3 Å². The molecule has 1 heterocycles. The Hall–Kier alpha value is -1.49. The second-order valence-electron chi connectivity index (χ2n) is 3.71. The number of carboxylic acid groups (broad SMARTS) is 1. The molecule has 112 valence electrons. The highest BCUT2D eigenvalue weighted by Crippen LogP contribution is 2.21. The van der Waals surface area contributed by atoms with Crippen LogP contribution in [0, 0.1) is 0 Å². The zero-order valence-electron chi connectivity index (χ0n) is 10.4. The molecule has 0 spiro atoms. The van der Waals surface area contributed by atoms with Gasteiger partial charge in [0, 0.05) is 11.4 Å². The highest BCUT2D eigenvalue weighted by atomic mass is 32.2. The highest BCUT2D eigenvalue weighted by Gasteiger charge is 2.17. The first-order chi connectivity index (χ1) is 9.31. The summed E-state index contributed by atoms with van der Waals surface area (Å²) in [5.74, 6) is -1.66. The van der Waals surface area contributed by atoms with E-state index in [0.717, 1.165) is 11.3 Å². The number of nitrogens with one attached hydrogen (secondary N) is 1. The molecule has 0 saturated carbocycles. The molecule has 0 aromatic carbocycles. The standard InChI is InChI=1S/C10H14N2O6S2/c11-8(13)6-18-4-3-12-20(16,17)10-2-1-7(19-10)5-9(14)15/h1-2,12H,3-6H2,(H2,11,13)(H,14,15). The SMILES string of the molecule is NC(=O)COCCNS(=O)(=O)c1ccc(CC(=O)O)s1. The molecule has 0 atom stereocenters. The van der Waals surface area contributed by atoms with Crippen LogP contribution in [0.25, 0.3) is 0 Å². The smallest absolute Gasteiger partial charge is 0.308 e. The number of sulfonamides is 1. The third kappa shape index (κ3) is 5.65. The molecule has 0 unspecified atom stereocenters. The second kappa shape index (κ2) is 7.33. The summed E-state index contributed by atoms with van der Waals surface area (Å²) in [4.78, 5) is 21.3. The Balaban J connectivity index is 2.49. The minimum Gasteiger partial charge on any atom is -0.481 e. The summed E-state index contributed by atoms with van der Waals surface area (Å²) in [6.07, 6.45) is -0.220. The van der Waals surface area contributed by atoms with Gasteiger partial charge in [0.25, 0.3) is 0 Å². The molecule has 1 amide bonds. The molecule has 8 nitrogen and oxygen atoms in total. The van der Waals surface area contributed by atoms with Crippen molar-refractivity contribution in [3.63, 3.8) is 0 Å². The molecule has 0 aliphatic rings. The molecule has 1 aromatic rings. The summed E-state index contributed by atoms with van der Waals surface area (Å²) in [6, 6.07) is 2.80. The average Bonchev–Trinajstić information content (AvgIpc) is 2.76. The largest absolute Gasteiger partial charge is 0.481 e. The number of hydrogen-bond acceptors (Lipinski definition) is 6. The van der Waals surface area contributed by atoms with Gasteiger partial charge in [0.15, 0.2) is 0 Å². The molecule has 0 radical (unpaired) electrons. The van der Waals surface area contributed by atoms with Crippen LogP contribution in [0.1, 0.15) is 4.88 Å². The number of primary amides is 1. The van der Waals surface area contributed by atoms with Crippen molar-refractivity contribution in [1.82, 2.24) is 4.72 Å². The topological polar surface area (TPSA) is 136 Å². The Morgan fingerprint density at radius 1 is 1.40 bits per heavy atom. The van der Waals surface area contributed by atoms with E-state index in [0.29, 0.717) is 4.88 Å². The molecule has 0 saturated heterocycles. The molecular weight excluding hydrogens is 308 g/mol. The third-order valence-electron chi connectivity index (χ3n) is 2.01. The zero-order valence-corrected chi connectivity index (χ0v) is 12.0. The number of carbonyl (C=O) groups excluding carboxylic acids is 1. The van der Waals surface area contributed by atoms with Crippen molar-refractivity contribution in [2.45, 2.75) is 10.6 Å². The minimum atomic E-state index is -3.70. The number of hydrogen-bond donors (Lipinski definition) is 3. The van der Waals surface area contributed by atoms with Gasteiger partial charge >= 0.3 is 5.97 Å². The summed E-state index contributed by atoms with van der Waals surface area (Å²) < 4.78 is 30.8. The van der Waals surface area contributed by atoms with Crippen LogP contribution in [0.3, 0.4) is 0 Å². The van der Waals surface area contributed by atoms with Crippen LogP contribution >= 0.6 is 11.3 Å². The number of aliphatic carboxylic acids is 1. The lowest BCUT2D eigenvalue weighted by Crippen LogP contribution is -2.28. The number of carbonyl (C=O) groups is 2. The maximum atomic E-state index is 11.8. The molecule has 0 bridgehead atoms. The van der Waals surface area contributed by atoms with Gasteiger partial charge in [0.1, 0.15) is 10.8 Å². The first-order valence-electron chi connectivity index (χ1n) is 5.47. The van der Waals surface area contributed by atoms with Crippen LogP contribution in [-0.4, -0.2) is 45.2 Å². The Morgan fingerprint density at radius 2 is 2.10 bits per heavy atom. The fraction of sp³-hybridized carbons (Fsp3) is 0.400. The van der Waals surface area contributed by atoms with Gasteiger partial charge in [-0.05, 0) is 12.1 Å². The quantitative estimate of drug-likeness (QED) is 0.507. The summed E-state index contributed by atoms with van der Waals surface area (Å²) in [6.45, 7) is -0.277. The number of amides is 1. The predicted octanol–water partition coefficient (Wildman–Crippen LogP) is -0.845. The molecule has 4 N–H and O–H groups in total. The summed E-state index contributed by atoms with van der Waals surface area (Å²) >= 11 is 0.891. The van der Waals surface area contributed by atoms with Gasteiger partial charge in [0.05, 0.1) is 13.0 Å². The number of carboxylic acids is 1. The van der Waals surface area contributed by atoms with Crippen LogP contribution in [0.2, 0.25) is 0 Å². The van der Waals surface area contributed by atoms with E-state index in [1.165, 1.54) is 12.1 Å². The summed E-state index contributed by atoms with van der Waals surface area (Å²) in [5, 5.41) is 8.61. The van der Waals surface area contributed by atoms with Crippen LogP contribution in [0.5, 0.6) is 0 Å². The molecule has 0 aliphatic carbocycles. The minimum absolute atomic E-state index is 0.00945. The Labute approximate surface area is 119 Å². The summed E-state index contributed by atoms with van der Waals surface area (Å²) in [5.41, 5.74) is 4.85. The van der Waals surface area contributed by atoms with Gasteiger partial charge in [-0.3, -0.25) is 9.59 Å². The number of rotatable bonds is 9. The van der Waals surface area contributed by atoms with E-state index in [-0.39, 0.29) is 30.4 Å². The van der Waals surface area contributed by atoms with E-state index in [2.05, 4.69) is 4.72 Å². The normalized spacial score (nSPS) is 11.4. The van der Waals surface area contributed by atoms with E-state index < -0.39 is 21.9 Å². The maximum absolute atomic E-state index is 11.8. The summed E-state index contributed by atoms with van der Waals surface area (Å²) in [7, 11) is -3.70. The van der Waals surface area contributed by atoms with Crippen LogP contribution in [-0.2, 0) is 30.8 Å². The molecule has 20 heavy (non-hydrogen) atoms. The molecule has 0 fully saturated rings. The van der Waals surface area contributed by atoms with Crippen LogP contribution in [0.4, 0.5) is 0 Å². The van der Waals surface area contributed by atoms with Gasteiger partial charge in [-0.2, -0.15) is 0 Å². The fourth-order valence-electron chi connectivity index (χ4n) is 1.24. The van der Waals surface area contributed by atoms with Gasteiger partial charge in [-0.1, -0.05) is 0 Å². The van der Waals surface area contributed by atoms with E-state index in [4.69, 9.17) is 15.6 Å².